The van der Waals surface area contributed by atoms with E-state index in [1.807, 2.05) is 12.1 Å². The van der Waals surface area contributed by atoms with Gasteiger partial charge in [-0.15, -0.1) is 11.8 Å². The Hall–Kier alpha value is -1.36. The van der Waals surface area contributed by atoms with Crippen molar-refractivity contribution in [3.05, 3.63) is 23.8 Å². The quantitative estimate of drug-likeness (QED) is 0.277. The van der Waals surface area contributed by atoms with Gasteiger partial charge in [-0.25, -0.2) is 0 Å². The molecule has 1 aromatic carbocycles. The summed E-state index contributed by atoms with van der Waals surface area (Å²) in [5.74, 6) is 1.92. The maximum absolute atomic E-state index is 9.11. The Kier molecular flexibility index (Phi) is 5.79. The number of hydrogen-bond donors (Lipinski definition) is 2. The molecule has 21 heavy (non-hydrogen) atoms. The topological polar surface area (TPSA) is 61.8 Å². The van der Waals surface area contributed by atoms with E-state index in [1.165, 1.54) is 25.7 Å². The van der Waals surface area contributed by atoms with Gasteiger partial charge in [-0.3, -0.25) is 0 Å². The molecule has 1 aliphatic rings. The van der Waals surface area contributed by atoms with Crippen LogP contribution in [0.15, 0.2) is 28.3 Å². The van der Waals surface area contributed by atoms with Crippen LogP contribution in [0.25, 0.3) is 0 Å². The Morgan fingerprint density at radius 1 is 1.43 bits per heavy atom. The lowest BCUT2D eigenvalue weighted by molar-refractivity contribution is 0.318. The van der Waals surface area contributed by atoms with E-state index in [9.17, 15) is 0 Å². The molecule has 1 fully saturated rings. The summed E-state index contributed by atoms with van der Waals surface area (Å²) in [6.45, 7) is 3.14. The highest BCUT2D eigenvalue weighted by atomic mass is 32.2. The minimum absolute atomic E-state index is 0.194. The van der Waals surface area contributed by atoms with Gasteiger partial charge in [0.15, 0.2) is 5.84 Å². The number of hydrogen-bond acceptors (Lipinski definition) is 4. The molecule has 4 nitrogen and oxygen atoms in total. The van der Waals surface area contributed by atoms with E-state index in [2.05, 4.69) is 30.1 Å². The predicted molar refractivity (Wildman–Crippen MR) is 90.6 cm³/mol. The molecule has 0 aliphatic heterocycles. The Labute approximate surface area is 131 Å². The van der Waals surface area contributed by atoms with E-state index in [-0.39, 0.29) is 5.84 Å². The minimum Gasteiger partial charge on any atom is -0.409 e. The van der Waals surface area contributed by atoms with Crippen LogP contribution in [0.1, 0.15) is 38.2 Å². The second-order valence-electron chi connectivity index (χ2n) is 5.60. The number of anilines is 1. The van der Waals surface area contributed by atoms with Crippen LogP contribution in [0.2, 0.25) is 0 Å². The van der Waals surface area contributed by atoms with Gasteiger partial charge in [-0.2, -0.15) is 0 Å². The molecule has 0 bridgehead atoms. The first kappa shape index (κ1) is 16.0. The third-order valence-corrected chi connectivity index (χ3v) is 5.03. The molecule has 116 valence electrons. The molecule has 0 saturated heterocycles. The van der Waals surface area contributed by atoms with Crippen molar-refractivity contribution in [3.8, 4) is 0 Å². The first-order valence-corrected chi connectivity index (χ1v) is 8.60. The summed E-state index contributed by atoms with van der Waals surface area (Å²) in [5, 5.41) is 12.3. The average Bonchev–Trinajstić information content (AvgIpc) is 2.99. The zero-order valence-electron chi connectivity index (χ0n) is 12.9. The van der Waals surface area contributed by atoms with Gasteiger partial charge in [0.1, 0.15) is 0 Å². The number of nitrogens with zero attached hydrogens (tertiary/aromatic N) is 2. The summed E-state index contributed by atoms with van der Waals surface area (Å²) in [5.41, 5.74) is 7.84. The Morgan fingerprint density at radius 3 is 2.76 bits per heavy atom. The van der Waals surface area contributed by atoms with Crippen LogP contribution in [0.4, 0.5) is 5.69 Å². The van der Waals surface area contributed by atoms with Gasteiger partial charge in [0, 0.05) is 24.2 Å². The molecule has 0 radical (unpaired) electrons. The summed E-state index contributed by atoms with van der Waals surface area (Å²) < 4.78 is 0. The molecule has 0 unspecified atom stereocenters. The van der Waals surface area contributed by atoms with Gasteiger partial charge < -0.3 is 15.8 Å². The van der Waals surface area contributed by atoms with Gasteiger partial charge in [0.25, 0.3) is 0 Å². The molecule has 0 aromatic heterocycles. The van der Waals surface area contributed by atoms with Crippen LogP contribution in [0.5, 0.6) is 0 Å². The standard InChI is InChI=1S/C16H25N3OS/c1-3-21-14-10-6-9-13(15(14)16(17)18-20)19(2)11-12-7-4-5-8-12/h6,9-10,12,20H,3-5,7-8,11H2,1-2H3,(H2,17,18). The molecule has 0 atom stereocenters. The highest BCUT2D eigenvalue weighted by Crippen LogP contribution is 2.32. The summed E-state index contributed by atoms with van der Waals surface area (Å²) in [7, 11) is 2.10. The fourth-order valence-corrected chi connectivity index (χ4v) is 3.94. The Bertz CT molecular complexity index is 498. The predicted octanol–water partition coefficient (Wildman–Crippen LogP) is 3.52. The van der Waals surface area contributed by atoms with E-state index < -0.39 is 0 Å². The third kappa shape index (κ3) is 3.84. The number of amidine groups is 1. The Balaban J connectivity index is 2.29. The lowest BCUT2D eigenvalue weighted by Crippen LogP contribution is -2.27. The van der Waals surface area contributed by atoms with Crippen LogP contribution >= 0.6 is 11.8 Å². The van der Waals surface area contributed by atoms with E-state index in [4.69, 9.17) is 10.9 Å². The first-order valence-electron chi connectivity index (χ1n) is 7.62. The number of nitrogens with two attached hydrogens (primary N) is 1. The summed E-state index contributed by atoms with van der Waals surface area (Å²) in [6, 6.07) is 6.14. The SMILES string of the molecule is CCSc1cccc(N(C)CC2CCCC2)c1/C(N)=N/O. The van der Waals surface area contributed by atoms with E-state index in [1.54, 1.807) is 11.8 Å². The first-order chi connectivity index (χ1) is 10.2. The zero-order chi connectivity index (χ0) is 15.2. The van der Waals surface area contributed by atoms with Gasteiger partial charge in [-0.05, 0) is 36.6 Å². The van der Waals surface area contributed by atoms with Gasteiger partial charge >= 0.3 is 0 Å². The molecular formula is C16H25N3OS. The molecular weight excluding hydrogens is 282 g/mol. The lowest BCUT2D eigenvalue weighted by Gasteiger charge is -2.26. The van der Waals surface area contributed by atoms with Crippen LogP contribution in [0.3, 0.4) is 0 Å². The molecule has 0 amide bonds. The van der Waals surface area contributed by atoms with Crippen molar-refractivity contribution in [3.63, 3.8) is 0 Å². The maximum atomic E-state index is 9.11. The Morgan fingerprint density at radius 2 is 2.14 bits per heavy atom. The molecule has 1 aliphatic carbocycles. The van der Waals surface area contributed by atoms with Crippen molar-refractivity contribution in [2.75, 3.05) is 24.2 Å². The number of thioether (sulfide) groups is 1. The highest BCUT2D eigenvalue weighted by molar-refractivity contribution is 7.99. The summed E-state index contributed by atoms with van der Waals surface area (Å²) in [4.78, 5) is 3.33. The normalized spacial score (nSPS) is 16.4. The van der Waals surface area contributed by atoms with E-state index >= 15 is 0 Å². The fraction of sp³-hybridized carbons (Fsp3) is 0.562. The van der Waals surface area contributed by atoms with E-state index in [0.29, 0.717) is 0 Å². The van der Waals surface area contributed by atoms with Crippen LogP contribution in [-0.2, 0) is 0 Å². The monoisotopic (exact) mass is 307 g/mol. The zero-order valence-corrected chi connectivity index (χ0v) is 13.7. The van der Waals surface area contributed by atoms with Crippen LogP contribution in [0, 0.1) is 5.92 Å². The van der Waals surface area contributed by atoms with Crippen molar-refractivity contribution in [1.29, 1.82) is 0 Å². The third-order valence-electron chi connectivity index (χ3n) is 4.09. The second kappa shape index (κ2) is 7.59. The highest BCUT2D eigenvalue weighted by Gasteiger charge is 2.20. The average molecular weight is 307 g/mol. The molecule has 5 heteroatoms. The van der Waals surface area contributed by atoms with Crippen molar-refractivity contribution in [1.82, 2.24) is 0 Å². The molecule has 3 N–H and O–H groups in total. The minimum atomic E-state index is 0.194. The molecule has 1 saturated carbocycles. The number of rotatable bonds is 6. The van der Waals surface area contributed by atoms with Gasteiger partial charge in [-0.1, -0.05) is 31.0 Å². The summed E-state index contributed by atoms with van der Waals surface area (Å²) >= 11 is 1.72. The fourth-order valence-electron chi connectivity index (χ4n) is 3.10. The largest absolute Gasteiger partial charge is 0.409 e. The molecule has 2 rings (SSSR count). The van der Waals surface area contributed by atoms with Gasteiger partial charge in [0.2, 0.25) is 0 Å². The molecule has 0 spiro atoms. The van der Waals surface area contributed by atoms with Crippen molar-refractivity contribution in [2.24, 2.45) is 16.8 Å². The smallest absolute Gasteiger partial charge is 0.173 e. The van der Waals surface area contributed by atoms with Crippen molar-refractivity contribution < 1.29 is 5.21 Å². The molecule has 0 heterocycles. The number of benzene rings is 1. The lowest BCUT2D eigenvalue weighted by atomic mass is 10.1. The van der Waals surface area contributed by atoms with E-state index in [0.717, 1.165) is 34.4 Å². The second-order valence-corrected chi connectivity index (χ2v) is 6.91. The van der Waals surface area contributed by atoms with Gasteiger partial charge in [0.05, 0.1) is 5.56 Å². The maximum Gasteiger partial charge on any atom is 0.173 e. The molecule has 1 aromatic rings. The van der Waals surface area contributed by atoms with Crippen molar-refractivity contribution >= 4 is 23.3 Å². The summed E-state index contributed by atoms with van der Waals surface area (Å²) in [6.07, 6.45) is 5.31. The van der Waals surface area contributed by atoms with Crippen LogP contribution in [-0.4, -0.2) is 30.4 Å². The van der Waals surface area contributed by atoms with Crippen molar-refractivity contribution in [2.45, 2.75) is 37.5 Å². The number of oxime groups is 1. The van der Waals surface area contributed by atoms with Crippen LogP contribution < -0.4 is 10.6 Å².